The first-order valence-electron chi connectivity index (χ1n) is 6.17. The van der Waals surface area contributed by atoms with Crippen LogP contribution in [0.1, 0.15) is 18.9 Å². The summed E-state index contributed by atoms with van der Waals surface area (Å²) in [5.41, 5.74) is 3.23. The average molecular weight is 516 g/mol. The molecule has 1 heterocycles. The number of aromatic hydroxyl groups is 1. The fraction of sp³-hybridized carbons (Fsp3) is 0.385. The molecule has 0 radical (unpaired) electrons. The van der Waals surface area contributed by atoms with Gasteiger partial charge in [-0.05, 0) is 69.8 Å². The van der Waals surface area contributed by atoms with Crippen molar-refractivity contribution >= 4 is 57.3 Å². The summed E-state index contributed by atoms with van der Waals surface area (Å²) in [6, 6.07) is 3.55. The number of halogens is 2. The molecular weight excluding hydrogens is 502 g/mol. The molecule has 1 aromatic carbocycles. The van der Waals surface area contributed by atoms with E-state index in [-0.39, 0.29) is 18.1 Å². The number of hydrazone groups is 1. The number of hydrogen-bond acceptors (Lipinski definition) is 5. The van der Waals surface area contributed by atoms with Crippen LogP contribution in [0.15, 0.2) is 17.2 Å². The zero-order valence-corrected chi connectivity index (χ0v) is 15.5. The monoisotopic (exact) mass is 516 g/mol. The molecule has 21 heavy (non-hydrogen) atoms. The first kappa shape index (κ1) is 16.9. The molecule has 1 fully saturated rings. The minimum Gasteiger partial charge on any atom is -0.506 e. The molecule has 1 amide bonds. The fourth-order valence-corrected chi connectivity index (χ4v) is 3.64. The van der Waals surface area contributed by atoms with Gasteiger partial charge in [-0.25, -0.2) is 5.43 Å². The smallest absolute Gasteiger partial charge is 0.245 e. The largest absolute Gasteiger partial charge is 0.506 e. The van der Waals surface area contributed by atoms with E-state index in [9.17, 15) is 9.90 Å². The van der Waals surface area contributed by atoms with Crippen molar-refractivity contribution in [2.24, 2.45) is 5.10 Å². The van der Waals surface area contributed by atoms with Crippen molar-refractivity contribution in [1.82, 2.24) is 5.43 Å². The average Bonchev–Trinajstić information content (AvgIpc) is 2.82. The molecule has 0 bridgehead atoms. The van der Waals surface area contributed by atoms with Crippen LogP contribution in [0, 0.1) is 7.14 Å². The highest BCUT2D eigenvalue weighted by Gasteiger charge is 2.33. The molecule has 2 rings (SSSR count). The van der Waals surface area contributed by atoms with Crippen LogP contribution in [-0.2, 0) is 14.3 Å². The number of benzene rings is 1. The Kier molecular flexibility index (Phi) is 5.80. The first-order chi connectivity index (χ1) is 9.89. The van der Waals surface area contributed by atoms with E-state index >= 15 is 0 Å². The number of carbonyl (C=O) groups excluding carboxylic acids is 1. The molecule has 2 N–H and O–H groups in total. The van der Waals surface area contributed by atoms with Crippen LogP contribution in [0.3, 0.4) is 0 Å². The van der Waals surface area contributed by atoms with Crippen molar-refractivity contribution in [3.05, 3.63) is 24.8 Å². The highest BCUT2D eigenvalue weighted by molar-refractivity contribution is 14.1. The second-order valence-electron chi connectivity index (χ2n) is 4.63. The zero-order chi connectivity index (χ0) is 15.5. The Morgan fingerprint density at radius 1 is 1.43 bits per heavy atom. The molecule has 1 aromatic rings. The number of amides is 1. The molecule has 8 heteroatoms. The summed E-state index contributed by atoms with van der Waals surface area (Å²) in [7, 11) is 0. The highest BCUT2D eigenvalue weighted by atomic mass is 127. The predicted octanol–water partition coefficient (Wildman–Crippen LogP) is 2.20. The minimum absolute atomic E-state index is 0.0922. The molecule has 0 aliphatic carbocycles. The van der Waals surface area contributed by atoms with Gasteiger partial charge in [0.05, 0.1) is 33.0 Å². The molecular formula is C13H14I2N2O4. The van der Waals surface area contributed by atoms with Gasteiger partial charge in [0.15, 0.2) is 5.79 Å². The van der Waals surface area contributed by atoms with Crippen LogP contribution in [0.5, 0.6) is 5.75 Å². The van der Waals surface area contributed by atoms with E-state index in [0.717, 1.165) is 12.7 Å². The lowest BCUT2D eigenvalue weighted by atomic mass is 10.2. The Hall–Kier alpha value is -0.460. The Morgan fingerprint density at radius 3 is 2.57 bits per heavy atom. The summed E-state index contributed by atoms with van der Waals surface area (Å²) < 4.78 is 12.2. The van der Waals surface area contributed by atoms with Gasteiger partial charge in [0.1, 0.15) is 5.75 Å². The van der Waals surface area contributed by atoms with E-state index in [1.165, 1.54) is 6.21 Å². The van der Waals surface area contributed by atoms with Gasteiger partial charge in [-0.3, -0.25) is 4.79 Å². The van der Waals surface area contributed by atoms with Gasteiger partial charge in [-0.2, -0.15) is 5.10 Å². The van der Waals surface area contributed by atoms with Crippen LogP contribution in [0.25, 0.3) is 0 Å². The summed E-state index contributed by atoms with van der Waals surface area (Å²) in [5, 5.41) is 13.6. The van der Waals surface area contributed by atoms with E-state index < -0.39 is 5.79 Å². The third-order valence-corrected chi connectivity index (χ3v) is 4.47. The van der Waals surface area contributed by atoms with Gasteiger partial charge in [-0.15, -0.1) is 0 Å². The topological polar surface area (TPSA) is 80.2 Å². The molecule has 0 aromatic heterocycles. The van der Waals surface area contributed by atoms with Gasteiger partial charge in [-0.1, -0.05) is 0 Å². The fourth-order valence-electron chi connectivity index (χ4n) is 1.83. The number of nitrogens with zero attached hydrogens (tertiary/aromatic N) is 1. The van der Waals surface area contributed by atoms with Gasteiger partial charge in [0, 0.05) is 0 Å². The van der Waals surface area contributed by atoms with E-state index in [1.54, 1.807) is 19.1 Å². The number of hydrogen-bond donors (Lipinski definition) is 2. The third kappa shape index (κ3) is 4.76. The van der Waals surface area contributed by atoms with E-state index in [0.29, 0.717) is 13.2 Å². The predicted molar refractivity (Wildman–Crippen MR) is 94.2 cm³/mol. The quantitative estimate of drug-likeness (QED) is 0.366. The number of phenols is 1. The summed E-state index contributed by atoms with van der Waals surface area (Å²) in [4.78, 5) is 11.8. The molecule has 0 saturated carbocycles. The van der Waals surface area contributed by atoms with Crippen molar-refractivity contribution in [3.8, 4) is 5.75 Å². The molecule has 6 nitrogen and oxygen atoms in total. The number of nitrogens with one attached hydrogen (secondary N) is 1. The Morgan fingerprint density at radius 2 is 2.00 bits per heavy atom. The standard InChI is InChI=1S/C13H14I2N2O4/c1-13(20-2-3-21-13)6-11(18)17-16-7-8-4-9(14)12(19)10(15)5-8/h4-5,7,19H,2-3,6H2,1H3,(H,17,18)/b16-7-. The lowest BCUT2D eigenvalue weighted by Crippen LogP contribution is -2.33. The van der Waals surface area contributed by atoms with Crippen molar-refractivity contribution in [2.75, 3.05) is 13.2 Å². The van der Waals surface area contributed by atoms with E-state index in [4.69, 9.17) is 9.47 Å². The van der Waals surface area contributed by atoms with Crippen LogP contribution < -0.4 is 5.43 Å². The number of ether oxygens (including phenoxy) is 2. The second-order valence-corrected chi connectivity index (χ2v) is 6.96. The summed E-state index contributed by atoms with van der Waals surface area (Å²) in [6.07, 6.45) is 1.62. The van der Waals surface area contributed by atoms with Crippen molar-refractivity contribution in [1.29, 1.82) is 0 Å². The molecule has 0 atom stereocenters. The van der Waals surface area contributed by atoms with Gasteiger partial charge < -0.3 is 14.6 Å². The van der Waals surface area contributed by atoms with Crippen molar-refractivity contribution in [3.63, 3.8) is 0 Å². The highest BCUT2D eigenvalue weighted by Crippen LogP contribution is 2.26. The summed E-state index contributed by atoms with van der Waals surface area (Å²) >= 11 is 4.08. The summed E-state index contributed by atoms with van der Waals surface area (Å²) in [5.74, 6) is -0.886. The zero-order valence-electron chi connectivity index (χ0n) is 11.2. The van der Waals surface area contributed by atoms with Gasteiger partial charge in [0.25, 0.3) is 0 Å². The van der Waals surface area contributed by atoms with Crippen LogP contribution in [0.2, 0.25) is 0 Å². The van der Waals surface area contributed by atoms with E-state index in [1.807, 2.05) is 45.2 Å². The number of carbonyl (C=O) groups is 1. The second kappa shape index (κ2) is 7.20. The normalized spacial score (nSPS) is 17.3. The van der Waals surface area contributed by atoms with E-state index in [2.05, 4.69) is 10.5 Å². The van der Waals surface area contributed by atoms with Crippen molar-refractivity contribution in [2.45, 2.75) is 19.1 Å². The van der Waals surface area contributed by atoms with Crippen LogP contribution in [0.4, 0.5) is 0 Å². The lowest BCUT2D eigenvalue weighted by molar-refractivity contribution is -0.159. The SMILES string of the molecule is CC1(CC(=O)N/N=C\c2cc(I)c(O)c(I)c2)OCCO1. The number of phenolic OH excluding ortho intramolecular Hbond substituents is 1. The molecule has 1 saturated heterocycles. The molecule has 1 aliphatic heterocycles. The van der Waals surface area contributed by atoms with Gasteiger partial charge in [0.2, 0.25) is 5.91 Å². The minimum atomic E-state index is -0.858. The maximum absolute atomic E-state index is 11.8. The van der Waals surface area contributed by atoms with Gasteiger partial charge >= 0.3 is 0 Å². The Labute approximate surface area is 149 Å². The third-order valence-electron chi connectivity index (χ3n) is 2.82. The molecule has 1 aliphatic rings. The first-order valence-corrected chi connectivity index (χ1v) is 8.33. The van der Waals surface area contributed by atoms with Crippen LogP contribution >= 0.6 is 45.2 Å². The number of rotatable bonds is 4. The molecule has 0 unspecified atom stereocenters. The molecule has 0 spiro atoms. The van der Waals surface area contributed by atoms with Crippen molar-refractivity contribution < 1.29 is 19.4 Å². The Bertz CT molecular complexity index is 548. The molecule has 114 valence electrons. The lowest BCUT2D eigenvalue weighted by Gasteiger charge is -2.20. The summed E-state index contributed by atoms with van der Waals surface area (Å²) in [6.45, 7) is 2.73. The maximum Gasteiger partial charge on any atom is 0.245 e. The Balaban J connectivity index is 1.91. The maximum atomic E-state index is 11.8. The van der Waals surface area contributed by atoms with Crippen LogP contribution in [-0.4, -0.2) is 36.2 Å².